The van der Waals surface area contributed by atoms with E-state index in [-0.39, 0.29) is 37.2 Å². The van der Waals surface area contributed by atoms with Crippen LogP contribution in [0.3, 0.4) is 0 Å². The highest BCUT2D eigenvalue weighted by atomic mass is 19.4. The lowest BCUT2D eigenvalue weighted by Gasteiger charge is -2.41. The Hall–Kier alpha value is -2.92. The van der Waals surface area contributed by atoms with E-state index in [4.69, 9.17) is 18.9 Å². The second-order valence-electron chi connectivity index (χ2n) is 7.82. The van der Waals surface area contributed by atoms with Gasteiger partial charge in [-0.15, -0.1) is 0 Å². The Morgan fingerprint density at radius 1 is 1.30 bits per heavy atom. The van der Waals surface area contributed by atoms with E-state index in [1.165, 1.54) is 36.3 Å². The summed E-state index contributed by atoms with van der Waals surface area (Å²) in [4.78, 5) is 18.6. The average molecular weight is 470 g/mol. The first-order chi connectivity index (χ1) is 15.6. The number of hydrogen-bond donors (Lipinski definition) is 0. The van der Waals surface area contributed by atoms with Crippen LogP contribution in [0.15, 0.2) is 36.4 Å². The summed E-state index contributed by atoms with van der Waals surface area (Å²) in [6.45, 7) is 1.32. The minimum atomic E-state index is -4.56. The van der Waals surface area contributed by atoms with Gasteiger partial charge in [0.25, 0.3) is 11.8 Å². The summed E-state index contributed by atoms with van der Waals surface area (Å²) in [7, 11) is 1.22. The number of halogens is 4. The first kappa shape index (κ1) is 23.2. The van der Waals surface area contributed by atoms with Crippen LogP contribution in [-0.2, 0) is 15.1 Å². The summed E-state index contributed by atoms with van der Waals surface area (Å²) in [6.07, 6.45) is -6.79. The predicted octanol–water partition coefficient (Wildman–Crippen LogP) is 3.67. The molecule has 1 amide bonds. The number of benzene rings is 1. The molecule has 0 radical (unpaired) electrons. The first-order valence-electron chi connectivity index (χ1n) is 10.2. The van der Waals surface area contributed by atoms with Gasteiger partial charge in [-0.05, 0) is 36.8 Å². The number of carbonyl (C=O) groups excluding carboxylic acids is 1. The van der Waals surface area contributed by atoms with Crippen molar-refractivity contribution in [3.05, 3.63) is 53.5 Å². The lowest BCUT2D eigenvalue weighted by Crippen LogP contribution is -2.53. The third-order valence-electron chi connectivity index (χ3n) is 5.85. The Labute approximate surface area is 187 Å². The van der Waals surface area contributed by atoms with Crippen molar-refractivity contribution in [2.24, 2.45) is 0 Å². The van der Waals surface area contributed by atoms with Gasteiger partial charge in [-0.2, -0.15) is 13.2 Å². The lowest BCUT2D eigenvalue weighted by molar-refractivity contribution is -0.189. The summed E-state index contributed by atoms with van der Waals surface area (Å²) in [5.74, 6) is -1.31. The number of hydrogen-bond acceptors (Lipinski definition) is 6. The zero-order chi connectivity index (χ0) is 23.8. The molecule has 3 atom stereocenters. The van der Waals surface area contributed by atoms with Crippen molar-refractivity contribution in [3.8, 4) is 11.6 Å². The number of pyridine rings is 1. The summed E-state index contributed by atoms with van der Waals surface area (Å²) >= 11 is 0. The Kier molecular flexibility index (Phi) is 6.19. The van der Waals surface area contributed by atoms with Gasteiger partial charge in [0.2, 0.25) is 0 Å². The van der Waals surface area contributed by atoms with E-state index in [9.17, 15) is 22.4 Å². The topological polar surface area (TPSA) is 70.1 Å². The number of fused-ring (bicyclic) bond motifs is 1. The molecule has 1 unspecified atom stereocenters. The highest BCUT2D eigenvalue weighted by Crippen LogP contribution is 2.43. The van der Waals surface area contributed by atoms with Crippen molar-refractivity contribution in [1.29, 1.82) is 0 Å². The van der Waals surface area contributed by atoms with Crippen molar-refractivity contribution in [1.82, 2.24) is 9.88 Å². The van der Waals surface area contributed by atoms with E-state index in [1.54, 1.807) is 12.1 Å². The second-order valence-corrected chi connectivity index (χ2v) is 7.82. The third-order valence-corrected chi connectivity index (χ3v) is 5.85. The predicted molar refractivity (Wildman–Crippen MR) is 106 cm³/mol. The Balaban J connectivity index is 1.51. The zero-order valence-corrected chi connectivity index (χ0v) is 17.9. The van der Waals surface area contributed by atoms with Gasteiger partial charge in [-0.25, -0.2) is 9.37 Å². The van der Waals surface area contributed by atoms with E-state index in [1.807, 2.05) is 0 Å². The van der Waals surface area contributed by atoms with Gasteiger partial charge in [-0.3, -0.25) is 4.79 Å². The third kappa shape index (κ3) is 4.47. The number of carbonyl (C=O) groups is 1. The molecular weight excluding hydrogens is 448 g/mol. The number of methoxy groups -OCH3 is 1. The fraction of sp³-hybridized carbons (Fsp3) is 0.455. The van der Waals surface area contributed by atoms with Gasteiger partial charge < -0.3 is 23.8 Å². The number of amides is 1. The number of aromatic nitrogens is 1. The van der Waals surface area contributed by atoms with Gasteiger partial charge in [0.15, 0.2) is 11.9 Å². The van der Waals surface area contributed by atoms with Gasteiger partial charge >= 0.3 is 6.18 Å². The summed E-state index contributed by atoms with van der Waals surface area (Å²) in [6, 6.07) is 8.59. The van der Waals surface area contributed by atoms with Crippen molar-refractivity contribution in [2.45, 2.75) is 37.3 Å². The van der Waals surface area contributed by atoms with Crippen LogP contribution in [-0.4, -0.2) is 61.2 Å². The van der Waals surface area contributed by atoms with Crippen molar-refractivity contribution in [2.75, 3.05) is 27.0 Å². The maximum absolute atomic E-state index is 13.8. The largest absolute Gasteiger partial charge is 0.478 e. The Morgan fingerprint density at radius 3 is 2.79 bits per heavy atom. The monoisotopic (exact) mass is 470 g/mol. The molecule has 11 heteroatoms. The molecule has 1 aromatic heterocycles. The smallest absolute Gasteiger partial charge is 0.425 e. The Morgan fingerprint density at radius 2 is 2.09 bits per heavy atom. The molecule has 0 spiro atoms. The molecule has 2 aliphatic heterocycles. The van der Waals surface area contributed by atoms with Crippen LogP contribution in [0.2, 0.25) is 0 Å². The maximum Gasteiger partial charge on any atom is 0.425 e. The van der Waals surface area contributed by atoms with Crippen LogP contribution in [0.5, 0.6) is 11.6 Å². The molecule has 2 aliphatic rings. The molecule has 3 heterocycles. The normalized spacial score (nSPS) is 23.7. The van der Waals surface area contributed by atoms with Gasteiger partial charge in [0.05, 0.1) is 13.7 Å². The van der Waals surface area contributed by atoms with Crippen LogP contribution in [0.1, 0.15) is 29.4 Å². The number of alkyl halides is 3. The standard InChI is InChI=1S/C22H22F4N2O5/c1-13(22(24,25)26)33-17-7-6-16(27-19(17)30-2)20(29)28-9-8-21(18(11-28)31-12-32-21)14-4-3-5-15(23)10-14/h3-7,10,13,18H,8-9,11-12H2,1-2H3/t13?,18-,21-/m1/s1. The van der Waals surface area contributed by atoms with Crippen molar-refractivity contribution < 1.29 is 41.3 Å². The minimum Gasteiger partial charge on any atom is -0.478 e. The van der Waals surface area contributed by atoms with Gasteiger partial charge in [0.1, 0.15) is 30.0 Å². The van der Waals surface area contributed by atoms with E-state index in [2.05, 4.69) is 4.98 Å². The zero-order valence-electron chi connectivity index (χ0n) is 17.9. The highest BCUT2D eigenvalue weighted by Gasteiger charge is 2.51. The molecule has 2 fully saturated rings. The number of nitrogens with zero attached hydrogens (tertiary/aromatic N) is 2. The number of likely N-dealkylation sites (tertiary alicyclic amines) is 1. The molecule has 0 bridgehead atoms. The van der Waals surface area contributed by atoms with Crippen molar-refractivity contribution >= 4 is 5.91 Å². The van der Waals surface area contributed by atoms with Crippen LogP contribution in [0.25, 0.3) is 0 Å². The summed E-state index contributed by atoms with van der Waals surface area (Å²) < 4.78 is 73.7. The fourth-order valence-electron chi connectivity index (χ4n) is 4.03. The average Bonchev–Trinajstić information content (AvgIpc) is 3.22. The van der Waals surface area contributed by atoms with Gasteiger partial charge in [0, 0.05) is 13.0 Å². The molecule has 0 N–H and O–H groups in total. The van der Waals surface area contributed by atoms with E-state index >= 15 is 0 Å². The molecule has 178 valence electrons. The van der Waals surface area contributed by atoms with E-state index in [0.29, 0.717) is 12.0 Å². The first-order valence-corrected chi connectivity index (χ1v) is 10.2. The van der Waals surface area contributed by atoms with Crippen LogP contribution < -0.4 is 9.47 Å². The molecule has 1 aromatic carbocycles. The summed E-state index contributed by atoms with van der Waals surface area (Å²) in [5.41, 5.74) is -0.247. The SMILES string of the molecule is COc1nc(C(=O)N2CC[C@]3(c4cccc(F)c4)OCO[C@@H]3C2)ccc1OC(C)C(F)(F)F. The lowest BCUT2D eigenvalue weighted by atomic mass is 9.82. The molecule has 0 saturated carbocycles. The maximum atomic E-state index is 13.8. The second kappa shape index (κ2) is 8.79. The van der Waals surface area contributed by atoms with Crippen LogP contribution in [0, 0.1) is 5.82 Å². The van der Waals surface area contributed by atoms with Crippen LogP contribution >= 0.6 is 0 Å². The van der Waals surface area contributed by atoms with E-state index < -0.39 is 35.7 Å². The van der Waals surface area contributed by atoms with Gasteiger partial charge in [-0.1, -0.05) is 12.1 Å². The number of rotatable bonds is 5. The quantitative estimate of drug-likeness (QED) is 0.622. The molecule has 2 saturated heterocycles. The van der Waals surface area contributed by atoms with Crippen molar-refractivity contribution in [3.63, 3.8) is 0 Å². The molecule has 2 aromatic rings. The summed E-state index contributed by atoms with van der Waals surface area (Å²) in [5, 5.41) is 0. The molecule has 0 aliphatic carbocycles. The fourth-order valence-corrected chi connectivity index (χ4v) is 4.03. The molecule has 33 heavy (non-hydrogen) atoms. The number of piperidine rings is 1. The highest BCUT2D eigenvalue weighted by molar-refractivity contribution is 5.92. The minimum absolute atomic E-state index is 0.0126. The molecule has 7 nitrogen and oxygen atoms in total. The molecule has 4 rings (SSSR count). The number of ether oxygens (including phenoxy) is 4. The Bertz CT molecular complexity index is 1030. The van der Waals surface area contributed by atoms with Crippen LogP contribution in [0.4, 0.5) is 17.6 Å². The molecular formula is C22H22F4N2O5. The van der Waals surface area contributed by atoms with E-state index in [0.717, 1.165) is 6.92 Å².